The third kappa shape index (κ3) is 2.21. The molecule has 2 rings (SSSR count). The van der Waals surface area contributed by atoms with Crippen molar-refractivity contribution in [1.82, 2.24) is 9.78 Å². The van der Waals surface area contributed by atoms with E-state index in [4.69, 9.17) is 0 Å². The molecule has 0 saturated heterocycles. The monoisotopic (exact) mass is 236 g/mol. The minimum absolute atomic E-state index is 0.543. The Kier molecular flexibility index (Phi) is 3.22. The smallest absolute Gasteiger partial charge is 0.310 e. The Morgan fingerprint density at radius 2 is 2.18 bits per heavy atom. The number of carbonyl (C=O) groups is 1. The normalized spacial score (nSPS) is 18.5. The van der Waals surface area contributed by atoms with E-state index in [-0.39, 0.29) is 0 Å². The summed E-state index contributed by atoms with van der Waals surface area (Å²) in [5, 5.41) is 13.8. The predicted molar refractivity (Wildman–Crippen MR) is 64.8 cm³/mol. The summed E-state index contributed by atoms with van der Waals surface area (Å²) in [6.07, 6.45) is 5.18. The number of hydrogen-bond acceptors (Lipinski definition) is 2. The van der Waals surface area contributed by atoms with Crippen LogP contribution in [-0.2, 0) is 24.7 Å². The summed E-state index contributed by atoms with van der Waals surface area (Å²) in [5.41, 5.74) is 1.55. The lowest BCUT2D eigenvalue weighted by Crippen LogP contribution is -2.31. The zero-order valence-corrected chi connectivity index (χ0v) is 10.6. The maximum atomic E-state index is 11.5. The molecule has 1 fully saturated rings. The molecule has 1 saturated carbocycles. The molecule has 0 radical (unpaired) electrons. The number of carboxylic acids is 1. The minimum Gasteiger partial charge on any atom is -0.481 e. The number of carboxylic acid groups (broad SMARTS) is 1. The van der Waals surface area contributed by atoms with Gasteiger partial charge in [0.25, 0.3) is 0 Å². The van der Waals surface area contributed by atoms with Crippen molar-refractivity contribution >= 4 is 5.97 Å². The zero-order valence-electron chi connectivity index (χ0n) is 10.6. The molecule has 1 aromatic rings. The third-order valence-corrected chi connectivity index (χ3v) is 3.92. The molecule has 1 aliphatic carbocycles. The Morgan fingerprint density at radius 3 is 2.65 bits per heavy atom. The Labute approximate surface area is 102 Å². The summed E-state index contributed by atoms with van der Waals surface area (Å²) in [6.45, 7) is 2.06. The molecule has 0 bridgehead atoms. The van der Waals surface area contributed by atoms with Gasteiger partial charge in [-0.2, -0.15) is 5.10 Å². The van der Waals surface area contributed by atoms with Gasteiger partial charge in [-0.25, -0.2) is 0 Å². The van der Waals surface area contributed by atoms with Gasteiger partial charge in [-0.15, -0.1) is 0 Å². The van der Waals surface area contributed by atoms with Gasteiger partial charge in [0, 0.05) is 19.2 Å². The summed E-state index contributed by atoms with van der Waals surface area (Å²) in [7, 11) is 1.90. The Bertz CT molecular complexity index is 417. The standard InChI is InChI=1S/C13H20N2O2/c1-3-10-8-11(15(2)14-10)9-13(12(16)17)6-4-5-7-13/h8H,3-7,9H2,1-2H3,(H,16,17). The Morgan fingerprint density at radius 1 is 1.53 bits per heavy atom. The minimum atomic E-state index is -0.644. The quantitative estimate of drug-likeness (QED) is 0.871. The molecule has 0 amide bonds. The van der Waals surface area contributed by atoms with Crippen LogP contribution in [-0.4, -0.2) is 20.9 Å². The van der Waals surface area contributed by atoms with E-state index in [0.717, 1.165) is 43.5 Å². The second kappa shape index (κ2) is 4.51. The molecule has 94 valence electrons. The lowest BCUT2D eigenvalue weighted by Gasteiger charge is -2.23. The van der Waals surface area contributed by atoms with Gasteiger partial charge >= 0.3 is 5.97 Å². The van der Waals surface area contributed by atoms with E-state index in [0.29, 0.717) is 6.42 Å². The molecule has 0 aliphatic heterocycles. The van der Waals surface area contributed by atoms with Crippen molar-refractivity contribution in [2.75, 3.05) is 0 Å². The van der Waals surface area contributed by atoms with Crippen molar-refractivity contribution in [2.45, 2.75) is 45.4 Å². The van der Waals surface area contributed by atoms with Crippen LogP contribution in [0.1, 0.15) is 44.0 Å². The highest BCUT2D eigenvalue weighted by atomic mass is 16.4. The van der Waals surface area contributed by atoms with Crippen molar-refractivity contribution in [3.63, 3.8) is 0 Å². The van der Waals surface area contributed by atoms with E-state index in [1.54, 1.807) is 0 Å². The van der Waals surface area contributed by atoms with Gasteiger partial charge in [0.15, 0.2) is 0 Å². The van der Waals surface area contributed by atoms with Gasteiger partial charge in [-0.05, 0) is 25.3 Å². The van der Waals surface area contributed by atoms with Gasteiger partial charge in [-0.1, -0.05) is 19.8 Å². The molecule has 0 atom stereocenters. The van der Waals surface area contributed by atoms with Gasteiger partial charge in [0.2, 0.25) is 0 Å². The average molecular weight is 236 g/mol. The van der Waals surface area contributed by atoms with Gasteiger partial charge in [0.1, 0.15) is 0 Å². The van der Waals surface area contributed by atoms with Crippen LogP contribution in [0.4, 0.5) is 0 Å². The number of aryl methyl sites for hydroxylation is 2. The van der Waals surface area contributed by atoms with Crippen molar-refractivity contribution in [1.29, 1.82) is 0 Å². The highest BCUT2D eigenvalue weighted by molar-refractivity contribution is 5.75. The average Bonchev–Trinajstić information content (AvgIpc) is 2.88. The van der Waals surface area contributed by atoms with E-state index in [2.05, 4.69) is 12.0 Å². The fraction of sp³-hybridized carbons (Fsp3) is 0.692. The third-order valence-electron chi connectivity index (χ3n) is 3.92. The lowest BCUT2D eigenvalue weighted by molar-refractivity contribution is -0.148. The molecular formula is C13H20N2O2. The second-order valence-corrected chi connectivity index (χ2v) is 5.07. The van der Waals surface area contributed by atoms with Crippen LogP contribution < -0.4 is 0 Å². The zero-order chi connectivity index (χ0) is 12.5. The summed E-state index contributed by atoms with van der Waals surface area (Å²) in [5.74, 6) is -0.644. The van der Waals surface area contributed by atoms with E-state index in [1.807, 2.05) is 17.8 Å². The van der Waals surface area contributed by atoms with Crippen LogP contribution >= 0.6 is 0 Å². The maximum Gasteiger partial charge on any atom is 0.310 e. The maximum absolute atomic E-state index is 11.5. The van der Waals surface area contributed by atoms with Crippen molar-refractivity contribution in [2.24, 2.45) is 12.5 Å². The van der Waals surface area contributed by atoms with Gasteiger partial charge < -0.3 is 5.11 Å². The summed E-state index contributed by atoms with van der Waals surface area (Å²) < 4.78 is 1.84. The van der Waals surface area contributed by atoms with Crippen molar-refractivity contribution in [3.8, 4) is 0 Å². The topological polar surface area (TPSA) is 55.1 Å². The van der Waals surface area contributed by atoms with Crippen LogP contribution in [0.2, 0.25) is 0 Å². The van der Waals surface area contributed by atoms with Crippen molar-refractivity contribution in [3.05, 3.63) is 17.5 Å². The van der Waals surface area contributed by atoms with Crippen LogP contribution in [0.3, 0.4) is 0 Å². The molecule has 0 aromatic carbocycles. The molecule has 0 spiro atoms. The fourth-order valence-electron chi connectivity index (χ4n) is 2.77. The number of aromatic nitrogens is 2. The predicted octanol–water partition coefficient (Wildman–Crippen LogP) is 2.17. The molecular weight excluding hydrogens is 216 g/mol. The first kappa shape index (κ1) is 12.1. The molecule has 0 unspecified atom stereocenters. The molecule has 17 heavy (non-hydrogen) atoms. The molecule has 1 aromatic heterocycles. The number of rotatable bonds is 4. The summed E-state index contributed by atoms with van der Waals surface area (Å²) in [6, 6.07) is 2.04. The summed E-state index contributed by atoms with van der Waals surface area (Å²) in [4.78, 5) is 11.5. The summed E-state index contributed by atoms with van der Waals surface area (Å²) >= 11 is 0. The molecule has 1 aliphatic rings. The fourth-order valence-corrected chi connectivity index (χ4v) is 2.77. The first-order chi connectivity index (χ1) is 8.07. The van der Waals surface area contributed by atoms with Crippen LogP contribution in [0.5, 0.6) is 0 Å². The van der Waals surface area contributed by atoms with Crippen LogP contribution in [0.25, 0.3) is 0 Å². The van der Waals surface area contributed by atoms with Crippen LogP contribution in [0, 0.1) is 5.41 Å². The first-order valence-corrected chi connectivity index (χ1v) is 6.32. The number of aliphatic carboxylic acids is 1. The molecule has 4 heteroatoms. The van der Waals surface area contributed by atoms with Gasteiger partial charge in [0.05, 0.1) is 11.1 Å². The molecule has 1 heterocycles. The van der Waals surface area contributed by atoms with Crippen LogP contribution in [0.15, 0.2) is 6.07 Å². The second-order valence-electron chi connectivity index (χ2n) is 5.07. The van der Waals surface area contributed by atoms with E-state index >= 15 is 0 Å². The highest BCUT2D eigenvalue weighted by Crippen LogP contribution is 2.41. The lowest BCUT2D eigenvalue weighted by atomic mass is 9.81. The molecule has 4 nitrogen and oxygen atoms in total. The van der Waals surface area contributed by atoms with E-state index in [1.165, 1.54) is 0 Å². The van der Waals surface area contributed by atoms with Gasteiger partial charge in [-0.3, -0.25) is 9.48 Å². The number of nitrogens with zero attached hydrogens (tertiary/aromatic N) is 2. The SMILES string of the molecule is CCc1cc(CC2(C(=O)O)CCCC2)n(C)n1. The van der Waals surface area contributed by atoms with E-state index in [9.17, 15) is 9.90 Å². The van der Waals surface area contributed by atoms with E-state index < -0.39 is 11.4 Å². The Balaban J connectivity index is 2.23. The van der Waals surface area contributed by atoms with Crippen molar-refractivity contribution < 1.29 is 9.90 Å². The largest absolute Gasteiger partial charge is 0.481 e. The molecule has 1 N–H and O–H groups in total. The number of hydrogen-bond donors (Lipinski definition) is 1. The Hall–Kier alpha value is -1.32. The first-order valence-electron chi connectivity index (χ1n) is 6.32. The highest BCUT2D eigenvalue weighted by Gasteiger charge is 2.41.